The van der Waals surface area contributed by atoms with Crippen molar-refractivity contribution in [3.05, 3.63) is 54.1 Å². The van der Waals surface area contributed by atoms with Crippen LogP contribution in [0.15, 0.2) is 48.5 Å². The lowest BCUT2D eigenvalue weighted by atomic mass is 10.1. The van der Waals surface area contributed by atoms with Crippen LogP contribution in [-0.4, -0.2) is 24.3 Å². The third-order valence-electron chi connectivity index (χ3n) is 3.93. The van der Waals surface area contributed by atoms with E-state index >= 15 is 0 Å². The molecule has 0 atom stereocenters. The predicted molar refractivity (Wildman–Crippen MR) is 90.9 cm³/mol. The van der Waals surface area contributed by atoms with E-state index in [1.54, 1.807) is 7.11 Å². The second-order valence-electron chi connectivity index (χ2n) is 5.25. The third-order valence-corrected chi connectivity index (χ3v) is 3.93. The van der Waals surface area contributed by atoms with E-state index in [2.05, 4.69) is 0 Å². The first-order valence-corrected chi connectivity index (χ1v) is 7.56. The van der Waals surface area contributed by atoms with Gasteiger partial charge in [0.05, 0.1) is 25.0 Å². The van der Waals surface area contributed by atoms with Crippen molar-refractivity contribution in [3.8, 4) is 17.0 Å². The molecule has 0 amide bonds. The Morgan fingerprint density at radius 2 is 1.87 bits per heavy atom. The fraction of sp³-hybridized carbons (Fsp3) is 0.211. The Hall–Kier alpha value is -2.75. The Morgan fingerprint density at radius 3 is 2.52 bits per heavy atom. The average molecular weight is 309 g/mol. The van der Waals surface area contributed by atoms with Gasteiger partial charge in [0.1, 0.15) is 5.75 Å². The van der Waals surface area contributed by atoms with Crippen molar-refractivity contribution in [2.45, 2.75) is 6.92 Å². The second-order valence-corrected chi connectivity index (χ2v) is 5.25. The number of aromatic nitrogens is 1. The highest BCUT2D eigenvalue weighted by Gasteiger charge is 2.23. The molecule has 0 bridgehead atoms. The Balaban J connectivity index is 2.35. The highest BCUT2D eigenvalue weighted by Crippen LogP contribution is 2.35. The molecule has 1 aromatic heterocycles. The summed E-state index contributed by atoms with van der Waals surface area (Å²) in [5.41, 5.74) is 3.38. The second kappa shape index (κ2) is 6.16. The molecule has 0 unspecified atom stereocenters. The molecular weight excluding hydrogens is 290 g/mol. The van der Waals surface area contributed by atoms with Crippen LogP contribution in [-0.2, 0) is 11.8 Å². The maximum atomic E-state index is 12.6. The van der Waals surface area contributed by atoms with Gasteiger partial charge in [-0.3, -0.25) is 0 Å². The van der Waals surface area contributed by atoms with Crippen LogP contribution in [0.1, 0.15) is 17.3 Å². The molecule has 2 aromatic carbocycles. The van der Waals surface area contributed by atoms with Crippen molar-refractivity contribution >= 4 is 16.9 Å². The largest absolute Gasteiger partial charge is 0.497 e. The Bertz CT molecular complexity index is 850. The number of aryl methyl sites for hydroxylation is 1. The first-order valence-electron chi connectivity index (χ1n) is 7.56. The molecule has 0 fully saturated rings. The van der Waals surface area contributed by atoms with Gasteiger partial charge < -0.3 is 14.0 Å². The summed E-state index contributed by atoms with van der Waals surface area (Å²) in [6, 6.07) is 15.6. The van der Waals surface area contributed by atoms with Gasteiger partial charge >= 0.3 is 5.97 Å². The highest BCUT2D eigenvalue weighted by atomic mass is 16.5. The quantitative estimate of drug-likeness (QED) is 0.683. The van der Waals surface area contributed by atoms with Gasteiger partial charge in [0.15, 0.2) is 0 Å². The monoisotopic (exact) mass is 309 g/mol. The standard InChI is InChI=1S/C19H19NO3/c1-4-23-19(21)17-15-12-14(22-3)10-11-16(15)20(2)18(17)13-8-6-5-7-9-13/h5-12H,4H2,1-3H3. The van der Waals surface area contributed by atoms with Crippen molar-refractivity contribution in [2.75, 3.05) is 13.7 Å². The zero-order valence-corrected chi connectivity index (χ0v) is 13.5. The average Bonchev–Trinajstić information content (AvgIpc) is 2.88. The number of methoxy groups -OCH3 is 1. The number of ether oxygens (including phenoxy) is 2. The van der Waals surface area contributed by atoms with E-state index < -0.39 is 0 Å². The zero-order valence-electron chi connectivity index (χ0n) is 13.5. The summed E-state index contributed by atoms with van der Waals surface area (Å²) < 4.78 is 12.6. The summed E-state index contributed by atoms with van der Waals surface area (Å²) in [6.45, 7) is 2.15. The minimum atomic E-state index is -0.315. The lowest BCUT2D eigenvalue weighted by Gasteiger charge is -2.07. The summed E-state index contributed by atoms with van der Waals surface area (Å²) >= 11 is 0. The number of esters is 1. The molecule has 0 aliphatic carbocycles. The van der Waals surface area contributed by atoms with E-state index in [0.717, 1.165) is 22.2 Å². The van der Waals surface area contributed by atoms with Gasteiger partial charge in [0, 0.05) is 18.0 Å². The van der Waals surface area contributed by atoms with Crippen molar-refractivity contribution in [3.63, 3.8) is 0 Å². The van der Waals surface area contributed by atoms with Crippen LogP contribution in [0.4, 0.5) is 0 Å². The minimum Gasteiger partial charge on any atom is -0.497 e. The molecule has 0 spiro atoms. The molecule has 4 heteroatoms. The Kier molecular flexibility index (Phi) is 4.06. The van der Waals surface area contributed by atoms with Gasteiger partial charge in [-0.1, -0.05) is 30.3 Å². The third kappa shape index (κ3) is 2.57. The molecule has 0 saturated heterocycles. The number of nitrogens with zero attached hydrogens (tertiary/aromatic N) is 1. The number of hydrogen-bond donors (Lipinski definition) is 0. The van der Waals surface area contributed by atoms with E-state index in [1.807, 2.05) is 67.1 Å². The van der Waals surface area contributed by atoms with E-state index in [9.17, 15) is 4.79 Å². The predicted octanol–water partition coefficient (Wildman–Crippen LogP) is 4.03. The van der Waals surface area contributed by atoms with Crippen molar-refractivity contribution < 1.29 is 14.3 Å². The summed E-state index contributed by atoms with van der Waals surface area (Å²) in [6.07, 6.45) is 0. The molecule has 4 nitrogen and oxygen atoms in total. The Labute approximate surface area is 135 Å². The molecule has 23 heavy (non-hydrogen) atoms. The molecule has 0 aliphatic rings. The topological polar surface area (TPSA) is 40.5 Å². The smallest absolute Gasteiger partial charge is 0.340 e. The van der Waals surface area contributed by atoms with Crippen LogP contribution < -0.4 is 4.74 Å². The summed E-state index contributed by atoms with van der Waals surface area (Å²) in [5, 5.41) is 0.837. The van der Waals surface area contributed by atoms with Crippen LogP contribution in [0.25, 0.3) is 22.2 Å². The lowest BCUT2D eigenvalue weighted by Crippen LogP contribution is -2.06. The minimum absolute atomic E-state index is 0.315. The molecule has 3 aromatic rings. The molecule has 3 rings (SSSR count). The number of fused-ring (bicyclic) bond motifs is 1. The molecular formula is C19H19NO3. The van der Waals surface area contributed by atoms with Crippen molar-refractivity contribution in [2.24, 2.45) is 7.05 Å². The molecule has 1 heterocycles. The summed E-state index contributed by atoms with van der Waals surface area (Å²) in [4.78, 5) is 12.6. The van der Waals surface area contributed by atoms with Crippen molar-refractivity contribution in [1.29, 1.82) is 0 Å². The van der Waals surface area contributed by atoms with Gasteiger partial charge in [-0.2, -0.15) is 0 Å². The number of rotatable bonds is 4. The summed E-state index contributed by atoms with van der Waals surface area (Å²) in [7, 11) is 3.58. The maximum absolute atomic E-state index is 12.6. The number of benzene rings is 2. The molecule has 0 radical (unpaired) electrons. The summed E-state index contributed by atoms with van der Waals surface area (Å²) in [5.74, 6) is 0.401. The van der Waals surface area contributed by atoms with Gasteiger partial charge in [0.25, 0.3) is 0 Å². The van der Waals surface area contributed by atoms with Crippen LogP contribution in [0, 0.1) is 0 Å². The fourth-order valence-electron chi connectivity index (χ4n) is 2.89. The SMILES string of the molecule is CCOC(=O)c1c(-c2ccccc2)n(C)c2ccc(OC)cc12. The lowest BCUT2D eigenvalue weighted by molar-refractivity contribution is 0.0529. The van der Waals surface area contributed by atoms with Crippen LogP contribution in [0.5, 0.6) is 5.75 Å². The highest BCUT2D eigenvalue weighted by molar-refractivity contribution is 6.11. The molecule has 118 valence electrons. The van der Waals surface area contributed by atoms with Gasteiger partial charge in [-0.25, -0.2) is 4.79 Å². The van der Waals surface area contributed by atoms with Crippen LogP contribution >= 0.6 is 0 Å². The van der Waals surface area contributed by atoms with E-state index in [-0.39, 0.29) is 5.97 Å². The molecule has 0 saturated carbocycles. The number of hydrogen-bond acceptors (Lipinski definition) is 3. The van der Waals surface area contributed by atoms with Crippen LogP contribution in [0.3, 0.4) is 0 Å². The zero-order chi connectivity index (χ0) is 16.4. The van der Waals surface area contributed by atoms with Gasteiger partial charge in [-0.15, -0.1) is 0 Å². The fourth-order valence-corrected chi connectivity index (χ4v) is 2.89. The first-order chi connectivity index (χ1) is 11.2. The van der Waals surface area contributed by atoms with Crippen molar-refractivity contribution in [1.82, 2.24) is 4.57 Å². The van der Waals surface area contributed by atoms with Gasteiger partial charge in [0.2, 0.25) is 0 Å². The number of carbonyl (C=O) groups excluding carboxylic acids is 1. The normalized spacial score (nSPS) is 10.7. The Morgan fingerprint density at radius 1 is 1.13 bits per heavy atom. The van der Waals surface area contributed by atoms with Crippen LogP contribution in [0.2, 0.25) is 0 Å². The van der Waals surface area contributed by atoms with E-state index in [4.69, 9.17) is 9.47 Å². The first kappa shape index (κ1) is 15.2. The maximum Gasteiger partial charge on any atom is 0.340 e. The number of carbonyl (C=O) groups is 1. The van der Waals surface area contributed by atoms with Gasteiger partial charge in [-0.05, 0) is 30.7 Å². The molecule has 0 aliphatic heterocycles. The molecule has 0 N–H and O–H groups in total. The van der Waals surface area contributed by atoms with E-state index in [0.29, 0.717) is 17.9 Å². The van der Waals surface area contributed by atoms with E-state index in [1.165, 1.54) is 0 Å².